The van der Waals surface area contributed by atoms with E-state index in [-0.39, 0.29) is 23.8 Å². The molecular formula is C28H35NO8. The van der Waals surface area contributed by atoms with Gasteiger partial charge in [0.05, 0.1) is 17.4 Å². The van der Waals surface area contributed by atoms with Crippen LogP contribution in [0.2, 0.25) is 0 Å². The number of hydrogen-bond acceptors (Lipinski definition) is 9. The Morgan fingerprint density at radius 3 is 1.81 bits per heavy atom. The van der Waals surface area contributed by atoms with Gasteiger partial charge in [-0.15, -0.1) is 0 Å². The van der Waals surface area contributed by atoms with Crippen molar-refractivity contribution in [2.75, 3.05) is 0 Å². The number of carbonyl (C=O) groups excluding carboxylic acids is 4. The Morgan fingerprint density at radius 1 is 0.703 bits per heavy atom. The number of ether oxygens (including phenoxy) is 4. The van der Waals surface area contributed by atoms with Crippen molar-refractivity contribution in [3.05, 3.63) is 59.7 Å². The Hall–Kier alpha value is -3.72. The molecule has 0 aliphatic heterocycles. The summed E-state index contributed by atoms with van der Waals surface area (Å²) in [6.07, 6.45) is -1.39. The van der Waals surface area contributed by atoms with Crippen LogP contribution in [-0.2, 0) is 30.3 Å². The number of esters is 4. The molecule has 0 unspecified atom stereocenters. The van der Waals surface area contributed by atoms with Crippen LogP contribution >= 0.6 is 0 Å². The zero-order valence-electron chi connectivity index (χ0n) is 22.1. The highest BCUT2D eigenvalue weighted by atomic mass is 16.6. The fourth-order valence-electron chi connectivity index (χ4n) is 2.91. The number of benzene rings is 2. The fourth-order valence-corrected chi connectivity index (χ4v) is 2.91. The maximum Gasteiger partial charge on any atom is 0.338 e. The standard InChI is InChI=1S/C28H35NO8/c1-16(2)25(30)36-23-13-12-20(15-24(23)37-26(31)17(3)4)14-22(29)28(33)35-19(6)18(5)34-27(32)21-10-8-7-9-11-21/h7-13,15-19,22H,14,29H2,1-6H3/t18-,19-,22-/m0/s1. The molecule has 0 aliphatic rings. The molecule has 0 spiro atoms. The van der Waals surface area contributed by atoms with Crippen molar-refractivity contribution in [3.63, 3.8) is 0 Å². The molecule has 0 fully saturated rings. The average molecular weight is 514 g/mol. The number of hydrogen-bond donors (Lipinski definition) is 1. The summed E-state index contributed by atoms with van der Waals surface area (Å²) in [6, 6.07) is 12.1. The summed E-state index contributed by atoms with van der Waals surface area (Å²) in [5, 5.41) is 0. The van der Waals surface area contributed by atoms with E-state index in [0.717, 1.165) is 0 Å². The van der Waals surface area contributed by atoms with Crippen LogP contribution in [0.1, 0.15) is 57.5 Å². The van der Waals surface area contributed by atoms with Gasteiger partial charge in [-0.25, -0.2) is 4.79 Å². The predicted octanol–water partition coefficient (Wildman–Crippen LogP) is 3.86. The van der Waals surface area contributed by atoms with Gasteiger partial charge in [-0.1, -0.05) is 52.0 Å². The van der Waals surface area contributed by atoms with Crippen LogP contribution in [0.3, 0.4) is 0 Å². The first kappa shape index (κ1) is 29.5. The number of nitrogens with two attached hydrogens (primary N) is 1. The van der Waals surface area contributed by atoms with E-state index in [9.17, 15) is 19.2 Å². The topological polar surface area (TPSA) is 131 Å². The van der Waals surface area contributed by atoms with Gasteiger partial charge in [0.15, 0.2) is 11.5 Å². The first-order valence-corrected chi connectivity index (χ1v) is 12.2. The summed E-state index contributed by atoms with van der Waals surface area (Å²) >= 11 is 0. The summed E-state index contributed by atoms with van der Waals surface area (Å²) in [7, 11) is 0. The molecule has 0 aliphatic carbocycles. The molecule has 2 rings (SSSR count). The van der Waals surface area contributed by atoms with Gasteiger partial charge in [0.2, 0.25) is 0 Å². The van der Waals surface area contributed by atoms with E-state index in [0.29, 0.717) is 11.1 Å². The van der Waals surface area contributed by atoms with Gasteiger partial charge in [0.1, 0.15) is 18.2 Å². The minimum absolute atomic E-state index is 0.0561. The van der Waals surface area contributed by atoms with Gasteiger partial charge in [-0.3, -0.25) is 14.4 Å². The highest BCUT2D eigenvalue weighted by molar-refractivity contribution is 5.89. The minimum Gasteiger partial charge on any atom is -0.458 e. The molecular weight excluding hydrogens is 478 g/mol. The van der Waals surface area contributed by atoms with Crippen molar-refractivity contribution in [2.45, 2.75) is 66.2 Å². The molecule has 2 aromatic carbocycles. The van der Waals surface area contributed by atoms with Crippen molar-refractivity contribution in [1.82, 2.24) is 0 Å². The second-order valence-electron chi connectivity index (χ2n) is 9.36. The maximum absolute atomic E-state index is 12.6. The first-order valence-electron chi connectivity index (χ1n) is 12.2. The lowest BCUT2D eigenvalue weighted by Gasteiger charge is -2.22. The summed E-state index contributed by atoms with van der Waals surface area (Å²) in [6.45, 7) is 9.96. The molecule has 9 heteroatoms. The lowest BCUT2D eigenvalue weighted by atomic mass is 10.1. The van der Waals surface area contributed by atoms with E-state index in [1.807, 2.05) is 0 Å². The van der Waals surface area contributed by atoms with Crippen LogP contribution in [0.15, 0.2) is 48.5 Å². The summed E-state index contributed by atoms with van der Waals surface area (Å²) in [5.41, 5.74) is 7.03. The lowest BCUT2D eigenvalue weighted by molar-refractivity contribution is -0.155. The molecule has 2 N–H and O–H groups in total. The number of rotatable bonds is 11. The Morgan fingerprint density at radius 2 is 1.24 bits per heavy atom. The van der Waals surface area contributed by atoms with E-state index in [4.69, 9.17) is 24.7 Å². The third-order valence-corrected chi connectivity index (χ3v) is 5.40. The zero-order valence-corrected chi connectivity index (χ0v) is 22.1. The van der Waals surface area contributed by atoms with Crippen LogP contribution in [0, 0.1) is 11.8 Å². The quantitative estimate of drug-likeness (QED) is 0.351. The van der Waals surface area contributed by atoms with Crippen molar-refractivity contribution in [3.8, 4) is 11.5 Å². The molecule has 2 aromatic rings. The molecule has 0 bridgehead atoms. The largest absolute Gasteiger partial charge is 0.458 e. The first-order chi connectivity index (χ1) is 17.4. The molecule has 3 atom stereocenters. The smallest absolute Gasteiger partial charge is 0.338 e. The molecule has 0 saturated heterocycles. The van der Waals surface area contributed by atoms with Crippen molar-refractivity contribution >= 4 is 23.9 Å². The van der Waals surface area contributed by atoms with E-state index in [2.05, 4.69) is 0 Å². The van der Waals surface area contributed by atoms with Crippen LogP contribution in [0.4, 0.5) is 0 Å². The van der Waals surface area contributed by atoms with Crippen LogP contribution < -0.4 is 15.2 Å². The number of carbonyl (C=O) groups is 4. The molecule has 0 saturated carbocycles. The van der Waals surface area contributed by atoms with E-state index >= 15 is 0 Å². The van der Waals surface area contributed by atoms with Crippen molar-refractivity contribution < 1.29 is 38.1 Å². The van der Waals surface area contributed by atoms with E-state index in [1.54, 1.807) is 77.9 Å². The van der Waals surface area contributed by atoms with E-state index < -0.39 is 48.0 Å². The fraction of sp³-hybridized carbons (Fsp3) is 0.429. The normalized spacial score (nSPS) is 13.4. The van der Waals surface area contributed by atoms with Crippen LogP contribution in [0.25, 0.3) is 0 Å². The zero-order chi connectivity index (χ0) is 27.7. The molecule has 9 nitrogen and oxygen atoms in total. The Balaban J connectivity index is 2.05. The maximum atomic E-state index is 12.6. The van der Waals surface area contributed by atoms with Gasteiger partial charge in [-0.05, 0) is 50.1 Å². The SMILES string of the molecule is CC(C)C(=O)Oc1ccc(C[C@H](N)C(=O)O[C@@H](C)[C@H](C)OC(=O)c2ccccc2)cc1OC(=O)C(C)C. The molecule has 0 heterocycles. The lowest BCUT2D eigenvalue weighted by Crippen LogP contribution is -2.39. The van der Waals surface area contributed by atoms with Gasteiger partial charge in [0.25, 0.3) is 0 Å². The van der Waals surface area contributed by atoms with Crippen molar-refractivity contribution in [2.24, 2.45) is 17.6 Å². The minimum atomic E-state index is -1.04. The molecule has 0 aromatic heterocycles. The Kier molecular flexibility index (Phi) is 10.8. The highest BCUT2D eigenvalue weighted by Gasteiger charge is 2.25. The van der Waals surface area contributed by atoms with Crippen molar-refractivity contribution in [1.29, 1.82) is 0 Å². The summed E-state index contributed by atoms with van der Waals surface area (Å²) < 4.78 is 21.6. The van der Waals surface area contributed by atoms with Crippen LogP contribution in [-0.4, -0.2) is 42.1 Å². The monoisotopic (exact) mass is 513 g/mol. The molecule has 200 valence electrons. The summed E-state index contributed by atoms with van der Waals surface area (Å²) in [5.74, 6) is -2.84. The molecule has 0 radical (unpaired) electrons. The molecule has 0 amide bonds. The predicted molar refractivity (Wildman–Crippen MR) is 136 cm³/mol. The van der Waals surface area contributed by atoms with Gasteiger partial charge in [-0.2, -0.15) is 0 Å². The van der Waals surface area contributed by atoms with Gasteiger partial charge in [0, 0.05) is 0 Å². The Labute approximate surface area is 217 Å². The summed E-state index contributed by atoms with van der Waals surface area (Å²) in [4.78, 5) is 49.1. The third kappa shape index (κ3) is 9.02. The second-order valence-corrected chi connectivity index (χ2v) is 9.36. The molecule has 37 heavy (non-hydrogen) atoms. The van der Waals surface area contributed by atoms with E-state index in [1.165, 1.54) is 12.1 Å². The Bertz CT molecular complexity index is 1100. The van der Waals surface area contributed by atoms with Crippen LogP contribution in [0.5, 0.6) is 11.5 Å². The third-order valence-electron chi connectivity index (χ3n) is 5.40. The van der Waals surface area contributed by atoms with Gasteiger partial charge >= 0.3 is 23.9 Å². The second kappa shape index (κ2) is 13.5. The van der Waals surface area contributed by atoms with Gasteiger partial charge < -0.3 is 24.7 Å². The average Bonchev–Trinajstić information content (AvgIpc) is 2.85. The highest BCUT2D eigenvalue weighted by Crippen LogP contribution is 2.30.